The highest BCUT2D eigenvalue weighted by molar-refractivity contribution is 6.03. The van der Waals surface area contributed by atoms with Crippen molar-refractivity contribution in [2.75, 3.05) is 0 Å². The van der Waals surface area contributed by atoms with E-state index in [0.717, 1.165) is 5.57 Å². The first-order valence-electron chi connectivity index (χ1n) is 6.73. The summed E-state index contributed by atoms with van der Waals surface area (Å²) in [4.78, 5) is 12.1. The normalized spacial score (nSPS) is 17.4. The molecule has 0 saturated carbocycles. The van der Waals surface area contributed by atoms with E-state index in [1.54, 1.807) is 13.8 Å². The second-order valence-electron chi connectivity index (χ2n) is 5.55. The topological polar surface area (TPSA) is 66.8 Å². The average molecular weight is 276 g/mol. The Morgan fingerprint density at radius 2 is 2.00 bits per heavy atom. The van der Waals surface area contributed by atoms with Crippen LogP contribution in [0.25, 0.3) is 0 Å². The monoisotopic (exact) mass is 276 g/mol. The molecule has 0 fully saturated rings. The van der Waals surface area contributed by atoms with Crippen LogP contribution in [0.15, 0.2) is 11.6 Å². The minimum atomic E-state index is -0.248. The van der Waals surface area contributed by atoms with Gasteiger partial charge in [0.2, 0.25) is 0 Å². The van der Waals surface area contributed by atoms with Gasteiger partial charge in [0.1, 0.15) is 28.9 Å². The molecule has 2 N–H and O–H groups in total. The first-order valence-corrected chi connectivity index (χ1v) is 6.73. The summed E-state index contributed by atoms with van der Waals surface area (Å²) in [5.41, 5.74) is 2.21. The van der Waals surface area contributed by atoms with Crippen molar-refractivity contribution in [3.63, 3.8) is 0 Å². The molecule has 1 aliphatic heterocycles. The molecule has 108 valence electrons. The Bertz CT molecular complexity index is 595. The van der Waals surface area contributed by atoms with E-state index in [2.05, 4.69) is 0 Å². The molecule has 1 heterocycles. The van der Waals surface area contributed by atoms with E-state index in [-0.39, 0.29) is 35.4 Å². The minimum absolute atomic E-state index is 0.000602. The van der Waals surface area contributed by atoms with Gasteiger partial charge in [-0.1, -0.05) is 11.6 Å². The molecule has 0 unspecified atom stereocenters. The van der Waals surface area contributed by atoms with Crippen molar-refractivity contribution in [1.82, 2.24) is 0 Å². The van der Waals surface area contributed by atoms with E-state index >= 15 is 0 Å². The Morgan fingerprint density at radius 1 is 1.35 bits per heavy atom. The summed E-state index contributed by atoms with van der Waals surface area (Å²) in [6.45, 7) is 7.33. The third-order valence-electron chi connectivity index (χ3n) is 3.52. The van der Waals surface area contributed by atoms with E-state index in [0.29, 0.717) is 23.3 Å². The van der Waals surface area contributed by atoms with Gasteiger partial charge in [0.15, 0.2) is 5.78 Å². The first kappa shape index (κ1) is 14.4. The first-order chi connectivity index (χ1) is 9.32. The maximum Gasteiger partial charge on any atom is 0.174 e. The molecule has 4 heteroatoms. The van der Waals surface area contributed by atoms with Crippen LogP contribution >= 0.6 is 0 Å². The molecule has 0 radical (unpaired) electrons. The summed E-state index contributed by atoms with van der Waals surface area (Å²) >= 11 is 0. The molecule has 0 aromatic heterocycles. The van der Waals surface area contributed by atoms with Gasteiger partial charge in [-0.15, -0.1) is 0 Å². The fourth-order valence-corrected chi connectivity index (χ4v) is 2.38. The molecular formula is C16H20O4. The number of benzene rings is 1. The summed E-state index contributed by atoms with van der Waals surface area (Å²) in [5.74, 6) is 0.0145. The van der Waals surface area contributed by atoms with Gasteiger partial charge in [-0.3, -0.25) is 4.79 Å². The molecule has 0 bridgehead atoms. The Kier molecular flexibility index (Phi) is 3.75. The van der Waals surface area contributed by atoms with Gasteiger partial charge in [0, 0.05) is 17.5 Å². The summed E-state index contributed by atoms with van der Waals surface area (Å²) in [5, 5.41) is 20.3. The van der Waals surface area contributed by atoms with Crippen LogP contribution in [0, 0.1) is 6.92 Å². The lowest BCUT2D eigenvalue weighted by Crippen LogP contribution is -2.25. The fourth-order valence-electron chi connectivity index (χ4n) is 2.38. The Labute approximate surface area is 118 Å². The van der Waals surface area contributed by atoms with Gasteiger partial charge in [-0.2, -0.15) is 0 Å². The van der Waals surface area contributed by atoms with Crippen molar-refractivity contribution in [3.05, 3.63) is 28.3 Å². The zero-order chi connectivity index (χ0) is 15.0. The zero-order valence-corrected chi connectivity index (χ0v) is 12.3. The number of ketones is 1. The van der Waals surface area contributed by atoms with Crippen LogP contribution in [0.4, 0.5) is 0 Å². The van der Waals surface area contributed by atoms with Crippen molar-refractivity contribution in [3.8, 4) is 17.2 Å². The van der Waals surface area contributed by atoms with Gasteiger partial charge in [-0.05, 0) is 34.1 Å². The van der Waals surface area contributed by atoms with E-state index in [1.165, 1.54) is 0 Å². The summed E-state index contributed by atoms with van der Waals surface area (Å²) in [6.07, 6.45) is 2.42. The van der Waals surface area contributed by atoms with Crippen molar-refractivity contribution in [1.29, 1.82) is 0 Å². The highest BCUT2D eigenvalue weighted by atomic mass is 16.5. The SMILES string of the molecule is CC(C)=CCc1c(O)c(C)c(O)c2c1O[C@@H](C)CC2=O. The van der Waals surface area contributed by atoms with Crippen LogP contribution in [0.2, 0.25) is 0 Å². The molecule has 0 amide bonds. The number of aromatic hydroxyl groups is 2. The minimum Gasteiger partial charge on any atom is -0.507 e. The molecule has 20 heavy (non-hydrogen) atoms. The fraction of sp³-hybridized carbons (Fsp3) is 0.438. The van der Waals surface area contributed by atoms with Crippen molar-refractivity contribution in [2.45, 2.75) is 46.6 Å². The Hall–Kier alpha value is -1.97. The number of hydrogen-bond donors (Lipinski definition) is 2. The van der Waals surface area contributed by atoms with E-state index in [9.17, 15) is 15.0 Å². The maximum atomic E-state index is 12.1. The maximum absolute atomic E-state index is 12.1. The summed E-state index contributed by atoms with van der Waals surface area (Å²) < 4.78 is 5.71. The highest BCUT2D eigenvalue weighted by Gasteiger charge is 2.32. The number of ether oxygens (including phenoxy) is 1. The molecule has 1 atom stereocenters. The van der Waals surface area contributed by atoms with Gasteiger partial charge < -0.3 is 14.9 Å². The quantitative estimate of drug-likeness (QED) is 0.814. The molecule has 1 aromatic carbocycles. The van der Waals surface area contributed by atoms with E-state index in [1.807, 2.05) is 19.9 Å². The molecular weight excluding hydrogens is 256 g/mol. The second kappa shape index (κ2) is 5.19. The second-order valence-corrected chi connectivity index (χ2v) is 5.55. The summed E-state index contributed by atoms with van der Waals surface area (Å²) in [7, 11) is 0. The molecule has 0 aliphatic carbocycles. The zero-order valence-electron chi connectivity index (χ0n) is 12.3. The average Bonchev–Trinajstić information content (AvgIpc) is 2.34. The predicted octanol–water partition coefficient (Wildman–Crippen LogP) is 3.27. The van der Waals surface area contributed by atoms with Crippen LogP contribution in [0.1, 0.15) is 48.7 Å². The summed E-state index contributed by atoms with van der Waals surface area (Å²) in [6, 6.07) is 0. The van der Waals surface area contributed by atoms with Crippen LogP contribution < -0.4 is 4.74 Å². The standard InChI is InChI=1S/C16H20O4/c1-8(2)5-6-11-14(18)10(4)15(19)13-12(17)7-9(3)20-16(11)13/h5,9,18-19H,6-7H2,1-4H3/t9-/m0/s1. The van der Waals surface area contributed by atoms with Crippen LogP contribution in [0.5, 0.6) is 17.2 Å². The van der Waals surface area contributed by atoms with Crippen molar-refractivity contribution in [2.24, 2.45) is 0 Å². The van der Waals surface area contributed by atoms with E-state index < -0.39 is 0 Å². The third-order valence-corrected chi connectivity index (χ3v) is 3.52. The number of allylic oxidation sites excluding steroid dienone is 2. The lowest BCUT2D eigenvalue weighted by Gasteiger charge is -2.26. The predicted molar refractivity (Wildman–Crippen MR) is 76.7 cm³/mol. The number of Topliss-reactive ketones (excluding diaryl/α,β-unsaturated/α-hetero) is 1. The van der Waals surface area contributed by atoms with E-state index in [4.69, 9.17) is 4.74 Å². The van der Waals surface area contributed by atoms with Gasteiger partial charge >= 0.3 is 0 Å². The molecule has 1 aliphatic rings. The van der Waals surface area contributed by atoms with Crippen LogP contribution in [-0.4, -0.2) is 22.1 Å². The Morgan fingerprint density at radius 3 is 2.60 bits per heavy atom. The number of rotatable bonds is 2. The number of phenolic OH excluding ortho intramolecular Hbond substituents is 2. The highest BCUT2D eigenvalue weighted by Crippen LogP contribution is 2.45. The van der Waals surface area contributed by atoms with Crippen molar-refractivity contribution < 1.29 is 19.7 Å². The van der Waals surface area contributed by atoms with Crippen molar-refractivity contribution >= 4 is 5.78 Å². The van der Waals surface area contributed by atoms with Crippen LogP contribution in [0.3, 0.4) is 0 Å². The smallest absolute Gasteiger partial charge is 0.174 e. The molecule has 4 nitrogen and oxygen atoms in total. The lowest BCUT2D eigenvalue weighted by molar-refractivity contribution is 0.0864. The Balaban J connectivity index is 2.67. The van der Waals surface area contributed by atoms with Gasteiger partial charge in [0.25, 0.3) is 0 Å². The molecule has 0 saturated heterocycles. The molecule has 1 aromatic rings. The molecule has 2 rings (SSSR count). The largest absolute Gasteiger partial charge is 0.507 e. The van der Waals surface area contributed by atoms with Gasteiger partial charge in [0.05, 0.1) is 0 Å². The van der Waals surface area contributed by atoms with Crippen LogP contribution in [-0.2, 0) is 6.42 Å². The number of carbonyl (C=O) groups is 1. The van der Waals surface area contributed by atoms with Gasteiger partial charge in [-0.25, -0.2) is 0 Å². The lowest BCUT2D eigenvalue weighted by atomic mass is 9.92. The number of fused-ring (bicyclic) bond motifs is 1. The number of carbonyl (C=O) groups excluding carboxylic acids is 1. The number of hydrogen-bond acceptors (Lipinski definition) is 4. The third kappa shape index (κ3) is 2.38. The molecule has 0 spiro atoms. The number of phenols is 2.